The van der Waals surface area contributed by atoms with Gasteiger partial charge in [0, 0.05) is 66.2 Å². The molecule has 3 aliphatic rings. The zero-order valence-corrected chi connectivity index (χ0v) is 21.9. The molecule has 2 aromatic rings. The van der Waals surface area contributed by atoms with Crippen LogP contribution in [-0.4, -0.2) is 26.2 Å². The number of piperidine rings is 1. The zero-order chi connectivity index (χ0) is 24.9. The van der Waals surface area contributed by atoms with Crippen molar-refractivity contribution in [3.63, 3.8) is 0 Å². The van der Waals surface area contributed by atoms with Crippen molar-refractivity contribution in [2.24, 2.45) is 0 Å². The molecule has 4 nitrogen and oxygen atoms in total. The van der Waals surface area contributed by atoms with Crippen LogP contribution in [0.1, 0.15) is 58.8 Å². The zero-order valence-electron chi connectivity index (χ0n) is 21.9. The van der Waals surface area contributed by atoms with Crippen LogP contribution >= 0.6 is 0 Å². The standard InChI is InChI=1S/C32H39N3O/c1-3-5-17-34(18-6-4-2)27-14-16-29-31(23-27)36-30-22-25(33)13-15-28(30)32(29)24-11-10-12-26(21-24)35-19-8-7-9-20-35/h10-16,21-23,33H,3-9,17-20H2,1-2H3. The minimum atomic E-state index is 0.474. The number of anilines is 2. The van der Waals surface area contributed by atoms with E-state index in [0.29, 0.717) is 5.36 Å². The maximum atomic E-state index is 8.22. The molecule has 4 heteroatoms. The van der Waals surface area contributed by atoms with E-state index in [4.69, 9.17) is 9.83 Å². The summed E-state index contributed by atoms with van der Waals surface area (Å²) in [6.45, 7) is 8.90. The second-order valence-corrected chi connectivity index (χ2v) is 10.2. The van der Waals surface area contributed by atoms with E-state index in [9.17, 15) is 0 Å². The summed E-state index contributed by atoms with van der Waals surface area (Å²) in [5.41, 5.74) is 6.89. The fourth-order valence-electron chi connectivity index (χ4n) is 5.46. The van der Waals surface area contributed by atoms with Gasteiger partial charge in [0.05, 0.1) is 5.36 Å². The maximum absolute atomic E-state index is 8.22. The van der Waals surface area contributed by atoms with Crippen LogP contribution in [0.5, 0.6) is 0 Å². The van der Waals surface area contributed by atoms with E-state index >= 15 is 0 Å². The highest BCUT2D eigenvalue weighted by Crippen LogP contribution is 2.41. The van der Waals surface area contributed by atoms with Gasteiger partial charge >= 0.3 is 0 Å². The molecule has 0 atom stereocenters. The normalized spacial score (nSPS) is 14.0. The molecule has 1 aliphatic carbocycles. The van der Waals surface area contributed by atoms with Crippen molar-refractivity contribution in [2.45, 2.75) is 58.8 Å². The van der Waals surface area contributed by atoms with Gasteiger partial charge in [0.15, 0.2) is 0 Å². The van der Waals surface area contributed by atoms with E-state index in [1.807, 2.05) is 18.2 Å². The minimum Gasteiger partial charge on any atom is -0.456 e. The van der Waals surface area contributed by atoms with Gasteiger partial charge in [-0.2, -0.15) is 0 Å². The van der Waals surface area contributed by atoms with Gasteiger partial charge in [-0.3, -0.25) is 0 Å². The molecule has 0 amide bonds. The SMILES string of the molecule is CCCCN(CCCC)c1ccc2c(-c3cccc(N4CCCCC4)c3)c3ccc(=N)cc-3oc2c1. The van der Waals surface area contributed by atoms with Gasteiger partial charge in [0.1, 0.15) is 11.3 Å². The Morgan fingerprint density at radius 1 is 0.861 bits per heavy atom. The summed E-state index contributed by atoms with van der Waals surface area (Å²) >= 11 is 0. The van der Waals surface area contributed by atoms with Crippen LogP contribution in [0.4, 0.5) is 11.4 Å². The Labute approximate surface area is 215 Å². The molecule has 2 heterocycles. The minimum absolute atomic E-state index is 0.474. The monoisotopic (exact) mass is 481 g/mol. The van der Waals surface area contributed by atoms with Crippen molar-refractivity contribution < 1.29 is 4.42 Å². The molecule has 1 fully saturated rings. The lowest BCUT2D eigenvalue weighted by molar-refractivity contribution is 0.578. The first kappa shape index (κ1) is 24.4. The second kappa shape index (κ2) is 11.2. The third-order valence-electron chi connectivity index (χ3n) is 7.49. The van der Waals surface area contributed by atoms with E-state index in [-0.39, 0.29) is 0 Å². The average Bonchev–Trinajstić information content (AvgIpc) is 2.92. The van der Waals surface area contributed by atoms with Crippen molar-refractivity contribution in [3.05, 3.63) is 66.0 Å². The average molecular weight is 482 g/mol. The van der Waals surface area contributed by atoms with Crippen molar-refractivity contribution >= 4 is 22.3 Å². The van der Waals surface area contributed by atoms with Crippen LogP contribution < -0.4 is 15.2 Å². The highest BCUT2D eigenvalue weighted by Gasteiger charge is 2.19. The van der Waals surface area contributed by atoms with Gasteiger partial charge < -0.3 is 19.6 Å². The molecule has 0 aromatic heterocycles. The third-order valence-corrected chi connectivity index (χ3v) is 7.49. The topological polar surface area (TPSA) is 43.5 Å². The molecule has 0 bridgehead atoms. The molecular weight excluding hydrogens is 442 g/mol. The van der Waals surface area contributed by atoms with Crippen LogP contribution in [0.25, 0.3) is 33.4 Å². The summed E-state index contributed by atoms with van der Waals surface area (Å²) in [7, 11) is 0. The molecule has 0 unspecified atom stereocenters. The first-order valence-electron chi connectivity index (χ1n) is 13.8. The van der Waals surface area contributed by atoms with Gasteiger partial charge in [-0.15, -0.1) is 0 Å². The fraction of sp³-hybridized carbons (Fsp3) is 0.406. The Kier molecular flexibility index (Phi) is 7.60. The smallest absolute Gasteiger partial charge is 0.137 e. The van der Waals surface area contributed by atoms with Crippen molar-refractivity contribution in [2.75, 3.05) is 36.0 Å². The van der Waals surface area contributed by atoms with E-state index in [1.54, 1.807) is 0 Å². The molecule has 2 aliphatic heterocycles. The second-order valence-electron chi connectivity index (χ2n) is 10.2. The molecule has 5 rings (SSSR count). The summed E-state index contributed by atoms with van der Waals surface area (Å²) in [5, 5.41) is 9.82. The number of nitrogens with zero attached hydrogens (tertiary/aromatic N) is 2. The number of unbranched alkanes of at least 4 members (excludes halogenated alkanes) is 2. The summed E-state index contributed by atoms with van der Waals surface area (Å²) in [5.74, 6) is 0.777. The van der Waals surface area contributed by atoms with Crippen LogP contribution in [0.3, 0.4) is 0 Å². The molecule has 0 spiro atoms. The van der Waals surface area contributed by atoms with Crippen LogP contribution in [0, 0.1) is 5.41 Å². The Morgan fingerprint density at radius 3 is 2.39 bits per heavy atom. The highest BCUT2D eigenvalue weighted by molar-refractivity contribution is 6.03. The number of hydrogen-bond donors (Lipinski definition) is 1. The summed E-state index contributed by atoms with van der Waals surface area (Å²) in [6.07, 6.45) is 8.62. The molecule has 188 valence electrons. The van der Waals surface area contributed by atoms with Gasteiger partial charge in [0.2, 0.25) is 0 Å². The van der Waals surface area contributed by atoms with Crippen LogP contribution in [0.2, 0.25) is 0 Å². The van der Waals surface area contributed by atoms with Crippen molar-refractivity contribution in [1.82, 2.24) is 0 Å². The van der Waals surface area contributed by atoms with Gasteiger partial charge in [-0.05, 0) is 74.1 Å². The van der Waals surface area contributed by atoms with Gasteiger partial charge in [-0.25, -0.2) is 0 Å². The van der Waals surface area contributed by atoms with E-state index in [2.05, 4.69) is 66.1 Å². The van der Waals surface area contributed by atoms with Crippen LogP contribution in [-0.2, 0) is 0 Å². The lowest BCUT2D eigenvalue weighted by Gasteiger charge is -2.29. The van der Waals surface area contributed by atoms with E-state index in [0.717, 1.165) is 48.5 Å². The first-order valence-corrected chi connectivity index (χ1v) is 13.8. The lowest BCUT2D eigenvalue weighted by Crippen LogP contribution is -2.29. The number of rotatable bonds is 9. The number of benzene rings is 3. The molecule has 0 radical (unpaired) electrons. The Hall–Kier alpha value is -3.27. The predicted molar refractivity (Wildman–Crippen MR) is 152 cm³/mol. The predicted octanol–water partition coefficient (Wildman–Crippen LogP) is 8.08. The highest BCUT2D eigenvalue weighted by atomic mass is 16.3. The van der Waals surface area contributed by atoms with Crippen LogP contribution in [0.15, 0.2) is 65.1 Å². The largest absolute Gasteiger partial charge is 0.456 e. The van der Waals surface area contributed by atoms with E-state index in [1.165, 1.54) is 67.4 Å². The molecule has 1 N–H and O–H groups in total. The molecule has 0 saturated carbocycles. The fourth-order valence-corrected chi connectivity index (χ4v) is 5.46. The maximum Gasteiger partial charge on any atom is 0.137 e. The number of fused-ring (bicyclic) bond motifs is 2. The Balaban J connectivity index is 1.65. The summed E-state index contributed by atoms with van der Waals surface area (Å²) < 4.78 is 6.48. The van der Waals surface area contributed by atoms with E-state index < -0.39 is 0 Å². The molecule has 2 aromatic carbocycles. The quantitative estimate of drug-likeness (QED) is 0.246. The number of nitrogens with one attached hydrogen (secondary N) is 1. The first-order chi connectivity index (χ1) is 17.7. The molecular formula is C32H39N3O. The Morgan fingerprint density at radius 2 is 1.64 bits per heavy atom. The summed E-state index contributed by atoms with van der Waals surface area (Å²) in [6, 6.07) is 21.5. The number of hydrogen-bond acceptors (Lipinski definition) is 4. The lowest BCUT2D eigenvalue weighted by atomic mass is 9.93. The molecule has 36 heavy (non-hydrogen) atoms. The Bertz CT molecular complexity index is 1330. The van der Waals surface area contributed by atoms with Crippen molar-refractivity contribution in [3.8, 4) is 22.5 Å². The summed E-state index contributed by atoms with van der Waals surface area (Å²) in [4.78, 5) is 5.02. The van der Waals surface area contributed by atoms with Gasteiger partial charge in [-0.1, -0.05) is 38.8 Å². The molecule has 1 saturated heterocycles. The van der Waals surface area contributed by atoms with Gasteiger partial charge in [0.25, 0.3) is 0 Å². The van der Waals surface area contributed by atoms with Crippen molar-refractivity contribution in [1.29, 1.82) is 5.41 Å². The third kappa shape index (κ3) is 5.13.